The molecule has 1 aromatic rings. The largest absolute Gasteiger partial charge is 0.507 e. The summed E-state index contributed by atoms with van der Waals surface area (Å²) >= 11 is 0. The topological polar surface area (TPSA) is 69.6 Å². The molecule has 0 amide bonds. The predicted molar refractivity (Wildman–Crippen MR) is 31.9 cm³/mol. The van der Waals surface area contributed by atoms with E-state index in [1.807, 2.05) is 0 Å². The fourth-order valence-electron chi connectivity index (χ4n) is 0.688. The second-order valence-electron chi connectivity index (χ2n) is 2.01. The van der Waals surface area contributed by atoms with E-state index in [9.17, 15) is 13.2 Å². The van der Waals surface area contributed by atoms with Crippen LogP contribution in [0.2, 0.25) is 0 Å². The molecule has 0 spiro atoms. The van der Waals surface area contributed by atoms with Crippen molar-refractivity contribution in [3.63, 3.8) is 0 Å². The van der Waals surface area contributed by atoms with Crippen molar-refractivity contribution in [2.75, 3.05) is 6.54 Å². The Morgan fingerprint density at radius 3 is 2.58 bits per heavy atom. The normalized spacial score (nSPS) is 12.0. The van der Waals surface area contributed by atoms with E-state index in [-0.39, 0.29) is 23.5 Å². The molecule has 1 rings (SSSR count). The van der Waals surface area contributed by atoms with Gasteiger partial charge in [-0.05, 0) is 17.0 Å². The zero-order valence-electron chi connectivity index (χ0n) is 5.91. The average Bonchev–Trinajstić information content (AvgIpc) is 2.34. The molecule has 0 aromatic carbocycles. The van der Waals surface area contributed by atoms with Crippen LogP contribution in [0.3, 0.4) is 0 Å². The number of nitrogens with zero attached hydrogens (tertiary/aromatic N) is 4. The minimum absolute atomic E-state index is 0.00646. The summed E-state index contributed by atoms with van der Waals surface area (Å²) in [5.41, 5.74) is 5.06. The first-order valence-electron chi connectivity index (χ1n) is 3.10. The lowest BCUT2D eigenvalue weighted by Gasteiger charge is -2.05. The van der Waals surface area contributed by atoms with Gasteiger partial charge in [-0.15, -0.1) is 23.0 Å². The van der Waals surface area contributed by atoms with Gasteiger partial charge < -0.3 is 5.73 Å². The van der Waals surface area contributed by atoms with Crippen LogP contribution in [0.5, 0.6) is 0 Å². The average molecular weight is 181 g/mol. The van der Waals surface area contributed by atoms with Crippen LogP contribution >= 0.6 is 0 Å². The molecule has 0 aliphatic carbocycles. The molecule has 0 aliphatic heterocycles. The monoisotopic (exact) mass is 181 g/mol. The van der Waals surface area contributed by atoms with Crippen molar-refractivity contribution in [2.24, 2.45) is 5.73 Å². The van der Waals surface area contributed by atoms with E-state index < -0.39 is 6.30 Å². The van der Waals surface area contributed by atoms with E-state index in [4.69, 9.17) is 5.73 Å². The summed E-state index contributed by atoms with van der Waals surface area (Å²) in [5, 5.41) is 8.85. The number of hydrogen-bond acceptors (Lipinski definition) is 4. The molecular weight excluding hydrogens is 175 g/mol. The number of nitrogens with two attached hydrogens (primary N) is 1. The summed E-state index contributed by atoms with van der Waals surface area (Å²) in [6.45, 7) is 0.0798. The Balaban J connectivity index is 2.91. The van der Waals surface area contributed by atoms with E-state index >= 15 is 0 Å². The SMILES string of the molecule is NCCc1nnnn1C(F)(F)F. The molecule has 0 radical (unpaired) electrons. The Bertz CT molecular complexity index is 253. The van der Waals surface area contributed by atoms with Gasteiger partial charge in [-0.1, -0.05) is 0 Å². The predicted octanol–water partition coefficient (Wildman–Crippen LogP) is -0.349. The van der Waals surface area contributed by atoms with Gasteiger partial charge in [0, 0.05) is 6.42 Å². The van der Waals surface area contributed by atoms with Gasteiger partial charge in [0.05, 0.1) is 0 Å². The van der Waals surface area contributed by atoms with Crippen LogP contribution in [0.1, 0.15) is 5.82 Å². The van der Waals surface area contributed by atoms with Crippen LogP contribution in [0, 0.1) is 0 Å². The van der Waals surface area contributed by atoms with Crippen LogP contribution in [0.25, 0.3) is 0 Å². The van der Waals surface area contributed by atoms with Crippen molar-refractivity contribution < 1.29 is 13.2 Å². The van der Waals surface area contributed by atoms with Crippen molar-refractivity contribution in [2.45, 2.75) is 12.7 Å². The van der Waals surface area contributed by atoms with E-state index in [1.165, 1.54) is 0 Å². The molecule has 0 fully saturated rings. The zero-order chi connectivity index (χ0) is 9.19. The third-order valence-corrected chi connectivity index (χ3v) is 1.14. The second-order valence-corrected chi connectivity index (χ2v) is 2.01. The Kier molecular flexibility index (Phi) is 2.27. The van der Waals surface area contributed by atoms with Gasteiger partial charge in [0.15, 0.2) is 5.82 Å². The Labute approximate surface area is 65.3 Å². The molecule has 2 N–H and O–H groups in total. The molecule has 1 heterocycles. The lowest BCUT2D eigenvalue weighted by molar-refractivity contribution is -0.214. The molecule has 12 heavy (non-hydrogen) atoms. The molecule has 68 valence electrons. The molecule has 0 unspecified atom stereocenters. The first-order valence-corrected chi connectivity index (χ1v) is 3.10. The highest BCUT2D eigenvalue weighted by atomic mass is 19.4. The van der Waals surface area contributed by atoms with E-state index in [0.29, 0.717) is 0 Å². The first kappa shape index (κ1) is 8.91. The molecule has 1 aromatic heterocycles. The van der Waals surface area contributed by atoms with Crippen LogP contribution in [-0.4, -0.2) is 26.8 Å². The number of halogens is 3. The Hall–Kier alpha value is -1.18. The maximum atomic E-state index is 12.0. The van der Waals surface area contributed by atoms with Gasteiger partial charge in [0.25, 0.3) is 0 Å². The van der Waals surface area contributed by atoms with Crippen molar-refractivity contribution in [3.8, 4) is 0 Å². The van der Waals surface area contributed by atoms with Crippen LogP contribution in [-0.2, 0) is 12.7 Å². The molecule has 5 nitrogen and oxygen atoms in total. The first-order chi connectivity index (χ1) is 5.55. The van der Waals surface area contributed by atoms with E-state index in [0.717, 1.165) is 0 Å². The number of hydrogen-bond donors (Lipinski definition) is 1. The number of tetrazole rings is 1. The molecule has 8 heteroatoms. The maximum Gasteiger partial charge on any atom is 0.507 e. The standard InChI is InChI=1S/C4H6F3N5/c5-4(6,7)12-3(1-2-8)9-10-11-12/h1-2,8H2. The molecular formula is C4H6F3N5. The second kappa shape index (κ2) is 3.05. The van der Waals surface area contributed by atoms with Crippen molar-refractivity contribution in [1.29, 1.82) is 0 Å². The van der Waals surface area contributed by atoms with E-state index in [2.05, 4.69) is 15.5 Å². The minimum atomic E-state index is -4.56. The summed E-state index contributed by atoms with van der Waals surface area (Å²) in [4.78, 5) is 0. The number of aromatic nitrogens is 4. The maximum absolute atomic E-state index is 12.0. The van der Waals surface area contributed by atoms with Gasteiger partial charge in [0.1, 0.15) is 0 Å². The summed E-state index contributed by atoms with van der Waals surface area (Å²) in [6, 6.07) is 0. The molecule has 0 saturated heterocycles. The smallest absolute Gasteiger partial charge is 0.330 e. The van der Waals surface area contributed by atoms with Crippen molar-refractivity contribution in [1.82, 2.24) is 20.2 Å². The fourth-order valence-corrected chi connectivity index (χ4v) is 0.688. The summed E-state index contributed by atoms with van der Waals surface area (Å²) < 4.78 is 35.8. The van der Waals surface area contributed by atoms with Crippen molar-refractivity contribution in [3.05, 3.63) is 5.82 Å². The summed E-state index contributed by atoms with van der Waals surface area (Å²) in [7, 11) is 0. The third kappa shape index (κ3) is 1.70. The van der Waals surface area contributed by atoms with Gasteiger partial charge >= 0.3 is 6.30 Å². The van der Waals surface area contributed by atoms with Crippen LogP contribution in [0.4, 0.5) is 13.2 Å². The van der Waals surface area contributed by atoms with Gasteiger partial charge in [0.2, 0.25) is 0 Å². The lowest BCUT2D eigenvalue weighted by Crippen LogP contribution is -2.22. The Morgan fingerprint density at radius 2 is 2.08 bits per heavy atom. The van der Waals surface area contributed by atoms with Crippen LogP contribution in [0.15, 0.2) is 0 Å². The van der Waals surface area contributed by atoms with Gasteiger partial charge in [-0.3, -0.25) is 0 Å². The summed E-state index contributed by atoms with van der Waals surface area (Å²) in [6.07, 6.45) is -4.56. The molecule has 0 saturated carbocycles. The van der Waals surface area contributed by atoms with Gasteiger partial charge in [-0.2, -0.15) is 0 Å². The third-order valence-electron chi connectivity index (χ3n) is 1.14. The molecule has 0 aliphatic rings. The highest BCUT2D eigenvalue weighted by molar-refractivity contribution is 4.82. The lowest BCUT2D eigenvalue weighted by atomic mass is 10.4. The molecule has 0 atom stereocenters. The number of rotatable bonds is 2. The quantitative estimate of drug-likeness (QED) is 0.677. The highest BCUT2D eigenvalue weighted by Crippen LogP contribution is 2.21. The minimum Gasteiger partial charge on any atom is -0.330 e. The molecule has 0 bridgehead atoms. The highest BCUT2D eigenvalue weighted by Gasteiger charge is 2.35. The van der Waals surface area contributed by atoms with E-state index in [1.54, 1.807) is 0 Å². The Morgan fingerprint density at radius 1 is 1.42 bits per heavy atom. The van der Waals surface area contributed by atoms with Crippen LogP contribution < -0.4 is 5.73 Å². The van der Waals surface area contributed by atoms with Gasteiger partial charge in [-0.25, -0.2) is 0 Å². The van der Waals surface area contributed by atoms with Crippen molar-refractivity contribution >= 4 is 0 Å². The fraction of sp³-hybridized carbons (Fsp3) is 0.750. The summed E-state index contributed by atoms with van der Waals surface area (Å²) in [5.74, 6) is -0.273. The zero-order valence-corrected chi connectivity index (χ0v) is 5.91. The number of alkyl halides is 3.